The number of para-hydroxylation sites is 3. The van der Waals surface area contributed by atoms with Gasteiger partial charge in [0.05, 0.1) is 30.6 Å². The van der Waals surface area contributed by atoms with Gasteiger partial charge in [-0.05, 0) is 127 Å². The third-order valence-corrected chi connectivity index (χ3v) is 11.1. The third-order valence-electron chi connectivity index (χ3n) is 8.20. The minimum atomic E-state index is 0.810. The zero-order valence-electron chi connectivity index (χ0n) is 27.4. The van der Waals surface area contributed by atoms with Crippen LogP contribution < -0.4 is 4.90 Å². The van der Waals surface area contributed by atoms with E-state index in [-0.39, 0.29) is 0 Å². The van der Waals surface area contributed by atoms with Gasteiger partial charge in [-0.3, -0.25) is 0 Å². The highest BCUT2D eigenvalue weighted by atomic mass is 32.1. The third kappa shape index (κ3) is 6.79. The Labute approximate surface area is 312 Å². The van der Waals surface area contributed by atoms with Crippen LogP contribution in [-0.4, -0.2) is 15.0 Å². The molecule has 52 heavy (non-hydrogen) atoms. The lowest BCUT2D eigenvalue weighted by molar-refractivity contribution is 1.28. The topological polar surface area (TPSA) is 41.9 Å². The van der Waals surface area contributed by atoms with Gasteiger partial charge in [0.25, 0.3) is 0 Å². The Morgan fingerprint density at radius 1 is 0.327 bits per heavy atom. The Kier molecular flexibility index (Phi) is 8.47. The SMILES string of the molecule is C(#Cc1nc2ccccc2s1)c1ccc(N(c2ccc(C#Cc3nc4ccccc4s3)cc2)c2ccc(C#Cc3nc4ccccc4s3)cc2)cc1. The normalized spacial score (nSPS) is 10.6. The predicted molar refractivity (Wildman–Crippen MR) is 218 cm³/mol. The van der Waals surface area contributed by atoms with Crippen LogP contribution in [0.2, 0.25) is 0 Å². The molecule has 0 saturated carbocycles. The summed E-state index contributed by atoms with van der Waals surface area (Å²) in [5, 5.41) is 2.43. The average molecular weight is 717 g/mol. The van der Waals surface area contributed by atoms with E-state index in [1.807, 2.05) is 54.6 Å². The fraction of sp³-hybridized carbons (Fsp3) is 0. The van der Waals surface area contributed by atoms with Crippen molar-refractivity contribution in [1.82, 2.24) is 15.0 Å². The predicted octanol–water partition coefficient (Wildman–Crippen LogP) is 11.2. The second kappa shape index (κ2) is 14.0. The van der Waals surface area contributed by atoms with Crippen LogP contribution in [0, 0.1) is 35.5 Å². The van der Waals surface area contributed by atoms with E-state index in [1.54, 1.807) is 34.0 Å². The van der Waals surface area contributed by atoms with Crippen LogP contribution in [0.25, 0.3) is 30.6 Å². The van der Waals surface area contributed by atoms with Crippen LogP contribution in [0.15, 0.2) is 146 Å². The van der Waals surface area contributed by atoms with Gasteiger partial charge in [-0.25, -0.2) is 15.0 Å². The van der Waals surface area contributed by atoms with Gasteiger partial charge in [0, 0.05) is 33.8 Å². The van der Waals surface area contributed by atoms with Gasteiger partial charge in [-0.1, -0.05) is 54.2 Å². The molecule has 3 heterocycles. The fourth-order valence-electron chi connectivity index (χ4n) is 5.68. The Bertz CT molecular complexity index is 2500. The van der Waals surface area contributed by atoms with Crippen LogP contribution in [0.3, 0.4) is 0 Å². The Hall–Kier alpha value is -6.53. The van der Waals surface area contributed by atoms with E-state index in [1.165, 1.54) is 0 Å². The molecule has 0 unspecified atom stereocenters. The van der Waals surface area contributed by atoms with Crippen molar-refractivity contribution in [2.75, 3.05) is 4.90 Å². The molecule has 0 aliphatic carbocycles. The molecule has 9 rings (SSSR count). The first-order valence-electron chi connectivity index (χ1n) is 16.4. The zero-order chi connectivity index (χ0) is 34.7. The van der Waals surface area contributed by atoms with Crippen molar-refractivity contribution in [2.45, 2.75) is 0 Å². The quantitative estimate of drug-likeness (QED) is 0.171. The first-order valence-corrected chi connectivity index (χ1v) is 18.9. The van der Waals surface area contributed by atoms with E-state index in [4.69, 9.17) is 0 Å². The molecule has 0 saturated heterocycles. The summed E-state index contributed by atoms with van der Waals surface area (Å²) in [7, 11) is 0. The van der Waals surface area contributed by atoms with Crippen molar-refractivity contribution >= 4 is 81.7 Å². The van der Waals surface area contributed by atoms with Crippen molar-refractivity contribution in [2.24, 2.45) is 0 Å². The van der Waals surface area contributed by atoms with Gasteiger partial charge in [-0.15, -0.1) is 34.0 Å². The molecule has 4 nitrogen and oxygen atoms in total. The van der Waals surface area contributed by atoms with E-state index in [9.17, 15) is 0 Å². The van der Waals surface area contributed by atoms with E-state index >= 15 is 0 Å². The van der Waals surface area contributed by atoms with E-state index in [2.05, 4.69) is 146 Å². The summed E-state index contributed by atoms with van der Waals surface area (Å²) < 4.78 is 3.42. The largest absolute Gasteiger partial charge is 0.311 e. The molecule has 6 aromatic carbocycles. The molecule has 0 N–H and O–H groups in total. The Balaban J connectivity index is 1.01. The second-order valence-corrected chi connectivity index (χ2v) is 14.8. The van der Waals surface area contributed by atoms with Gasteiger partial charge in [0.1, 0.15) is 0 Å². The number of hydrogen-bond acceptors (Lipinski definition) is 7. The molecule has 0 radical (unpaired) electrons. The maximum atomic E-state index is 4.66. The van der Waals surface area contributed by atoms with Crippen LogP contribution in [0.5, 0.6) is 0 Å². The number of rotatable bonds is 3. The van der Waals surface area contributed by atoms with Gasteiger partial charge in [0.15, 0.2) is 15.0 Å². The number of benzene rings is 6. The number of aromatic nitrogens is 3. The first kappa shape index (κ1) is 31.5. The highest BCUT2D eigenvalue weighted by molar-refractivity contribution is 7.19. The van der Waals surface area contributed by atoms with Crippen LogP contribution in [0.4, 0.5) is 17.1 Å². The summed E-state index contributed by atoms with van der Waals surface area (Å²) in [6.45, 7) is 0. The van der Waals surface area contributed by atoms with Crippen LogP contribution >= 0.6 is 34.0 Å². The molecular weight excluding hydrogens is 693 g/mol. The summed E-state index contributed by atoms with van der Waals surface area (Å²) >= 11 is 4.83. The van der Waals surface area contributed by atoms with Gasteiger partial charge >= 0.3 is 0 Å². The zero-order valence-corrected chi connectivity index (χ0v) is 29.8. The minimum Gasteiger partial charge on any atom is -0.311 e. The van der Waals surface area contributed by atoms with Crippen molar-refractivity contribution in [3.05, 3.63) is 177 Å². The van der Waals surface area contributed by atoms with Crippen LogP contribution in [0.1, 0.15) is 31.7 Å². The fourth-order valence-corrected chi connectivity index (χ4v) is 8.14. The number of thiazole rings is 3. The van der Waals surface area contributed by atoms with Crippen LogP contribution in [-0.2, 0) is 0 Å². The summed E-state index contributed by atoms with van der Waals surface area (Å²) in [6.07, 6.45) is 0. The Morgan fingerprint density at radius 3 is 0.904 bits per heavy atom. The molecule has 9 aromatic rings. The summed E-state index contributed by atoms with van der Waals surface area (Å²) in [6, 6.07) is 49.3. The molecule has 0 aliphatic rings. The molecule has 3 aromatic heterocycles. The van der Waals surface area contributed by atoms with Crippen molar-refractivity contribution in [3.63, 3.8) is 0 Å². The summed E-state index contributed by atoms with van der Waals surface area (Å²) in [4.78, 5) is 16.2. The maximum absolute atomic E-state index is 4.66. The first-order chi connectivity index (χ1) is 25.7. The maximum Gasteiger partial charge on any atom is 0.168 e. The van der Waals surface area contributed by atoms with E-state index in [0.29, 0.717) is 0 Å². The smallest absolute Gasteiger partial charge is 0.168 e. The second-order valence-electron chi connectivity index (χ2n) is 11.7. The van der Waals surface area contributed by atoms with Gasteiger partial charge in [0.2, 0.25) is 0 Å². The molecule has 0 spiro atoms. The van der Waals surface area contributed by atoms with Crippen molar-refractivity contribution in [1.29, 1.82) is 0 Å². The monoisotopic (exact) mass is 716 g/mol. The molecule has 0 fully saturated rings. The summed E-state index contributed by atoms with van der Waals surface area (Å²) in [5.41, 5.74) is 8.71. The molecule has 0 aliphatic heterocycles. The Morgan fingerprint density at radius 2 is 0.615 bits per heavy atom. The standard InChI is InChI=1S/C45H24N4S3/c1-4-10-40-37(7-1)46-43(50-40)28-19-31-13-22-34(23-14-31)49(35-24-15-32(16-25-35)20-29-44-47-38-8-2-5-11-41(38)51-44)36-26-17-33(18-27-36)21-30-45-48-39-9-3-6-12-42(39)52-45/h1-18,22-27H. The lowest BCUT2D eigenvalue weighted by Crippen LogP contribution is -2.09. The molecule has 0 atom stereocenters. The van der Waals surface area contributed by atoms with Crippen molar-refractivity contribution < 1.29 is 0 Å². The molecule has 0 bridgehead atoms. The molecule has 242 valence electrons. The van der Waals surface area contributed by atoms with Gasteiger partial charge < -0.3 is 4.90 Å². The lowest BCUT2D eigenvalue weighted by Gasteiger charge is -2.25. The number of anilines is 3. The van der Waals surface area contributed by atoms with Crippen molar-refractivity contribution in [3.8, 4) is 35.5 Å². The highest BCUT2D eigenvalue weighted by Crippen LogP contribution is 2.35. The average Bonchev–Trinajstić information content (AvgIpc) is 3.93. The number of hydrogen-bond donors (Lipinski definition) is 0. The van der Waals surface area contributed by atoms with Gasteiger partial charge in [-0.2, -0.15) is 0 Å². The van der Waals surface area contributed by atoms with E-state index in [0.717, 1.165) is 79.4 Å². The molecule has 0 amide bonds. The molecule has 7 heteroatoms. The number of fused-ring (bicyclic) bond motifs is 3. The number of nitrogens with zero attached hydrogens (tertiary/aromatic N) is 4. The molecular formula is C45H24N4S3. The minimum absolute atomic E-state index is 0.810. The summed E-state index contributed by atoms with van der Waals surface area (Å²) in [5.74, 6) is 19.6. The van der Waals surface area contributed by atoms with E-state index < -0.39 is 0 Å². The highest BCUT2D eigenvalue weighted by Gasteiger charge is 2.13. The lowest BCUT2D eigenvalue weighted by atomic mass is 10.1.